The smallest absolute Gasteiger partial charge is 0.323 e. The fourth-order valence-corrected chi connectivity index (χ4v) is 1.78. The molecule has 0 radical (unpaired) electrons. The lowest BCUT2D eigenvalue weighted by Gasteiger charge is -2.35. The van der Waals surface area contributed by atoms with Gasteiger partial charge in [-0.05, 0) is 20.8 Å². The van der Waals surface area contributed by atoms with Gasteiger partial charge in [-0.2, -0.15) is 0 Å². The highest BCUT2D eigenvalue weighted by Gasteiger charge is 2.36. The molecular weight excluding hydrogens is 224 g/mol. The van der Waals surface area contributed by atoms with E-state index < -0.39 is 17.4 Å². The van der Waals surface area contributed by atoms with Crippen molar-refractivity contribution >= 4 is 17.8 Å². The zero-order valence-corrected chi connectivity index (χ0v) is 10.3. The molecule has 1 saturated heterocycles. The van der Waals surface area contributed by atoms with E-state index in [4.69, 9.17) is 5.11 Å². The molecular formula is C11H18N2O4. The number of hydrogen-bond donors (Lipinski definition) is 2. The van der Waals surface area contributed by atoms with Crippen molar-refractivity contribution in [1.82, 2.24) is 10.2 Å². The van der Waals surface area contributed by atoms with Gasteiger partial charge in [0.05, 0.1) is 5.92 Å². The quantitative estimate of drug-likeness (QED) is 0.719. The summed E-state index contributed by atoms with van der Waals surface area (Å²) in [6.45, 7) is 5.28. The van der Waals surface area contributed by atoms with Crippen molar-refractivity contribution in [3.8, 4) is 0 Å². The monoisotopic (exact) mass is 242 g/mol. The highest BCUT2D eigenvalue weighted by atomic mass is 16.4. The van der Waals surface area contributed by atoms with Gasteiger partial charge in [0.1, 0.15) is 6.54 Å². The average Bonchev–Trinajstić information content (AvgIpc) is 2.58. The molecule has 0 aliphatic carbocycles. The van der Waals surface area contributed by atoms with Gasteiger partial charge in [0.25, 0.3) is 0 Å². The van der Waals surface area contributed by atoms with Gasteiger partial charge in [0.2, 0.25) is 11.8 Å². The van der Waals surface area contributed by atoms with Crippen molar-refractivity contribution in [3.63, 3.8) is 0 Å². The number of aliphatic carboxylic acids is 1. The minimum Gasteiger partial charge on any atom is -0.480 e. The summed E-state index contributed by atoms with van der Waals surface area (Å²) in [5.74, 6) is -1.93. The topological polar surface area (TPSA) is 86.7 Å². The summed E-state index contributed by atoms with van der Waals surface area (Å²) >= 11 is 0. The lowest BCUT2D eigenvalue weighted by Crippen LogP contribution is -2.50. The third kappa shape index (κ3) is 3.44. The molecule has 17 heavy (non-hydrogen) atoms. The Kier molecular flexibility index (Phi) is 3.75. The lowest BCUT2D eigenvalue weighted by molar-refractivity contribution is -0.150. The van der Waals surface area contributed by atoms with Crippen LogP contribution >= 0.6 is 0 Å². The molecule has 1 aliphatic heterocycles. The Morgan fingerprint density at radius 3 is 2.41 bits per heavy atom. The number of carboxylic acid groups (broad SMARTS) is 1. The third-order valence-corrected chi connectivity index (χ3v) is 2.70. The summed E-state index contributed by atoms with van der Waals surface area (Å²) in [5, 5.41) is 11.4. The van der Waals surface area contributed by atoms with E-state index >= 15 is 0 Å². The third-order valence-electron chi connectivity index (χ3n) is 2.70. The van der Waals surface area contributed by atoms with Crippen LogP contribution < -0.4 is 5.32 Å². The van der Waals surface area contributed by atoms with Crippen molar-refractivity contribution in [1.29, 1.82) is 0 Å². The Morgan fingerprint density at radius 2 is 2.06 bits per heavy atom. The summed E-state index contributed by atoms with van der Waals surface area (Å²) in [6.07, 6.45) is 0.144. The van der Waals surface area contributed by atoms with Gasteiger partial charge in [-0.25, -0.2) is 0 Å². The average molecular weight is 242 g/mol. The highest BCUT2D eigenvalue weighted by Crippen LogP contribution is 2.20. The number of rotatable bonds is 3. The molecule has 2 amide bonds. The van der Waals surface area contributed by atoms with Crippen molar-refractivity contribution in [2.45, 2.75) is 32.7 Å². The molecule has 0 aromatic heterocycles. The first kappa shape index (κ1) is 13.5. The number of carbonyl (C=O) groups is 3. The largest absolute Gasteiger partial charge is 0.480 e. The minimum atomic E-state index is -1.05. The maximum Gasteiger partial charge on any atom is 0.323 e. The van der Waals surface area contributed by atoms with Gasteiger partial charge in [-0.3, -0.25) is 14.4 Å². The van der Waals surface area contributed by atoms with Crippen LogP contribution in [0.15, 0.2) is 0 Å². The molecule has 1 atom stereocenters. The normalized spacial score (nSPS) is 19.9. The Labute approximate surface area is 100.0 Å². The van der Waals surface area contributed by atoms with Crippen LogP contribution in [0.5, 0.6) is 0 Å². The first-order chi connectivity index (χ1) is 7.71. The second kappa shape index (κ2) is 4.73. The first-order valence-corrected chi connectivity index (χ1v) is 5.52. The minimum absolute atomic E-state index is 0.144. The zero-order valence-electron chi connectivity index (χ0n) is 10.3. The van der Waals surface area contributed by atoms with E-state index in [-0.39, 0.29) is 24.8 Å². The zero-order chi connectivity index (χ0) is 13.2. The number of nitrogens with one attached hydrogen (secondary N) is 1. The van der Waals surface area contributed by atoms with Crippen LogP contribution in [0.2, 0.25) is 0 Å². The second-order valence-electron chi connectivity index (χ2n) is 5.19. The van der Waals surface area contributed by atoms with Gasteiger partial charge < -0.3 is 15.3 Å². The van der Waals surface area contributed by atoms with Crippen LogP contribution in [0.1, 0.15) is 27.2 Å². The van der Waals surface area contributed by atoms with Crippen molar-refractivity contribution < 1.29 is 19.5 Å². The maximum atomic E-state index is 12.1. The first-order valence-electron chi connectivity index (χ1n) is 5.52. The molecule has 1 fully saturated rings. The van der Waals surface area contributed by atoms with E-state index in [2.05, 4.69) is 5.32 Å². The summed E-state index contributed by atoms with van der Waals surface area (Å²) in [5.41, 5.74) is -0.568. The van der Waals surface area contributed by atoms with E-state index in [0.717, 1.165) is 0 Å². The lowest BCUT2D eigenvalue weighted by atomic mass is 10.0. The van der Waals surface area contributed by atoms with Crippen LogP contribution in [0, 0.1) is 5.92 Å². The predicted molar refractivity (Wildman–Crippen MR) is 60.2 cm³/mol. The SMILES string of the molecule is CC(C)(C)N(CC(=O)O)C(=O)C1CNC(=O)C1. The standard InChI is InChI=1S/C11H18N2O4/c1-11(2,3)13(6-9(15)16)10(17)7-4-8(14)12-5-7/h7H,4-6H2,1-3H3,(H,12,14)(H,15,16). The van der Waals surface area contributed by atoms with Crippen molar-refractivity contribution in [3.05, 3.63) is 0 Å². The van der Waals surface area contributed by atoms with Crippen LogP contribution in [-0.2, 0) is 14.4 Å². The van der Waals surface area contributed by atoms with Crippen LogP contribution in [0.25, 0.3) is 0 Å². The van der Waals surface area contributed by atoms with E-state index in [0.29, 0.717) is 6.54 Å². The number of hydrogen-bond acceptors (Lipinski definition) is 3. The van der Waals surface area contributed by atoms with E-state index in [1.165, 1.54) is 4.90 Å². The molecule has 0 bridgehead atoms. The van der Waals surface area contributed by atoms with Gasteiger partial charge in [-0.1, -0.05) is 0 Å². The summed E-state index contributed by atoms with van der Waals surface area (Å²) in [6, 6.07) is 0. The Hall–Kier alpha value is -1.59. The van der Waals surface area contributed by atoms with Crippen molar-refractivity contribution in [2.24, 2.45) is 5.92 Å². The number of carboxylic acids is 1. The molecule has 0 spiro atoms. The van der Waals surface area contributed by atoms with E-state index in [1.54, 1.807) is 20.8 Å². The second-order valence-corrected chi connectivity index (χ2v) is 5.19. The van der Waals surface area contributed by atoms with Crippen LogP contribution in [0.4, 0.5) is 0 Å². The number of amides is 2. The van der Waals surface area contributed by atoms with Gasteiger partial charge >= 0.3 is 5.97 Å². The molecule has 1 unspecified atom stereocenters. The van der Waals surface area contributed by atoms with E-state index in [1.807, 2.05) is 0 Å². The van der Waals surface area contributed by atoms with Crippen molar-refractivity contribution in [2.75, 3.05) is 13.1 Å². The van der Waals surface area contributed by atoms with Crippen LogP contribution in [-0.4, -0.2) is 46.4 Å². The summed E-state index contributed by atoms with van der Waals surface area (Å²) in [4.78, 5) is 35.3. The molecule has 0 aromatic rings. The molecule has 1 heterocycles. The summed E-state index contributed by atoms with van der Waals surface area (Å²) < 4.78 is 0. The van der Waals surface area contributed by atoms with Gasteiger partial charge in [0.15, 0.2) is 0 Å². The fourth-order valence-electron chi connectivity index (χ4n) is 1.78. The van der Waals surface area contributed by atoms with Gasteiger partial charge in [0, 0.05) is 18.5 Å². The van der Waals surface area contributed by atoms with Crippen LogP contribution in [0.3, 0.4) is 0 Å². The Bertz CT molecular complexity index is 346. The number of nitrogens with zero attached hydrogens (tertiary/aromatic N) is 1. The fraction of sp³-hybridized carbons (Fsp3) is 0.727. The maximum absolute atomic E-state index is 12.1. The predicted octanol–water partition coefficient (Wildman–Crippen LogP) is -0.166. The molecule has 0 saturated carbocycles. The summed E-state index contributed by atoms with van der Waals surface area (Å²) in [7, 11) is 0. The van der Waals surface area contributed by atoms with E-state index in [9.17, 15) is 14.4 Å². The number of carbonyl (C=O) groups excluding carboxylic acids is 2. The molecule has 96 valence electrons. The van der Waals surface area contributed by atoms with Gasteiger partial charge in [-0.15, -0.1) is 0 Å². The Morgan fingerprint density at radius 1 is 1.47 bits per heavy atom. The Balaban J connectivity index is 2.79. The molecule has 1 aliphatic rings. The molecule has 1 rings (SSSR count). The highest BCUT2D eigenvalue weighted by molar-refractivity contribution is 5.90. The molecule has 6 heteroatoms. The molecule has 2 N–H and O–H groups in total. The molecule has 0 aromatic carbocycles. The molecule has 6 nitrogen and oxygen atoms in total.